The van der Waals surface area contributed by atoms with Gasteiger partial charge in [0.05, 0.1) is 19.2 Å². The first-order valence-corrected chi connectivity index (χ1v) is 11.0. The van der Waals surface area contributed by atoms with Crippen molar-refractivity contribution in [3.63, 3.8) is 0 Å². The Labute approximate surface area is 197 Å². The molecular weight excluding hydrogens is 426 g/mol. The van der Waals surface area contributed by atoms with E-state index in [0.717, 1.165) is 11.3 Å². The van der Waals surface area contributed by atoms with Crippen molar-refractivity contribution < 1.29 is 14.3 Å². The van der Waals surface area contributed by atoms with Gasteiger partial charge in [0.25, 0.3) is 0 Å². The highest BCUT2D eigenvalue weighted by atomic mass is 16.5. The summed E-state index contributed by atoms with van der Waals surface area (Å²) in [5, 5.41) is 10.5. The molecule has 0 radical (unpaired) electrons. The van der Waals surface area contributed by atoms with Crippen molar-refractivity contribution in [2.24, 2.45) is 11.1 Å². The molecule has 168 valence electrons. The van der Waals surface area contributed by atoms with Gasteiger partial charge in [-0.05, 0) is 29.3 Å². The third-order valence-corrected chi connectivity index (χ3v) is 6.94. The van der Waals surface area contributed by atoms with Crippen LogP contribution in [0, 0.1) is 16.7 Å². The Kier molecular flexibility index (Phi) is 5.18. The number of carbonyl (C=O) groups is 2. The van der Waals surface area contributed by atoms with Crippen LogP contribution in [-0.2, 0) is 4.79 Å². The van der Waals surface area contributed by atoms with Crippen LogP contribution in [0.2, 0.25) is 0 Å². The molecule has 0 aromatic heterocycles. The number of carbonyl (C=O) groups excluding carboxylic acids is 2. The molecule has 5 rings (SSSR count). The minimum Gasteiger partial charge on any atom is -0.497 e. The molecule has 3 aromatic carbocycles. The molecule has 34 heavy (non-hydrogen) atoms. The Hall–Kier alpha value is -4.37. The van der Waals surface area contributed by atoms with Gasteiger partial charge in [-0.25, -0.2) is 0 Å². The molecule has 0 aliphatic carbocycles. The van der Waals surface area contributed by atoms with E-state index in [1.165, 1.54) is 0 Å². The number of hydrogen-bond acceptors (Lipinski definition) is 5. The number of benzene rings is 3. The van der Waals surface area contributed by atoms with Gasteiger partial charge in [0, 0.05) is 17.2 Å². The number of amides is 1. The Morgan fingerprint density at radius 2 is 1.68 bits per heavy atom. The fourth-order valence-electron chi connectivity index (χ4n) is 5.39. The van der Waals surface area contributed by atoms with Crippen LogP contribution in [0.1, 0.15) is 27.4 Å². The second-order valence-electron chi connectivity index (χ2n) is 8.54. The largest absolute Gasteiger partial charge is 0.497 e. The minimum absolute atomic E-state index is 0.171. The van der Waals surface area contributed by atoms with Crippen LogP contribution >= 0.6 is 0 Å². The normalized spacial score (nSPS) is 24.6. The zero-order valence-electron chi connectivity index (χ0n) is 18.6. The molecule has 4 atom stereocenters. The van der Waals surface area contributed by atoms with E-state index < -0.39 is 29.3 Å². The summed E-state index contributed by atoms with van der Waals surface area (Å²) in [5.74, 6) is -1.08. The molecule has 2 aliphatic rings. The summed E-state index contributed by atoms with van der Waals surface area (Å²) in [6, 6.07) is 24.5. The van der Waals surface area contributed by atoms with Gasteiger partial charge < -0.3 is 15.4 Å². The standard InChI is InChI=1S/C28H23N3O3/c1-34-21-14-11-19(12-15-21)24-25(26(32)20-8-3-2-4-9-20)31-22-10-6-5-7-18(22)13-16-23(31)28(24,17-29)27(30)33/h2-16,23-25H,1H3,(H2,30,33)/t23-,24+,25-,28+/m0/s1. The lowest BCUT2D eigenvalue weighted by molar-refractivity contribution is -0.125. The highest BCUT2D eigenvalue weighted by Gasteiger charge is 2.65. The number of para-hydroxylation sites is 1. The van der Waals surface area contributed by atoms with Gasteiger partial charge in [-0.15, -0.1) is 0 Å². The first kappa shape index (κ1) is 21.5. The van der Waals surface area contributed by atoms with Crippen LogP contribution in [0.3, 0.4) is 0 Å². The average Bonchev–Trinajstić information content (AvgIpc) is 3.20. The molecule has 1 fully saturated rings. The van der Waals surface area contributed by atoms with Crippen molar-refractivity contribution in [1.29, 1.82) is 5.26 Å². The molecule has 6 heteroatoms. The number of Topliss-reactive ketones (excluding diaryl/α,β-unsaturated/α-hetero) is 1. The predicted octanol–water partition coefficient (Wildman–Crippen LogP) is 3.94. The van der Waals surface area contributed by atoms with Crippen LogP contribution in [0.15, 0.2) is 84.9 Å². The van der Waals surface area contributed by atoms with E-state index in [2.05, 4.69) is 6.07 Å². The number of anilines is 1. The van der Waals surface area contributed by atoms with E-state index in [1.54, 1.807) is 55.6 Å². The van der Waals surface area contributed by atoms with E-state index in [1.807, 2.05) is 47.4 Å². The van der Waals surface area contributed by atoms with Gasteiger partial charge in [-0.1, -0.05) is 72.8 Å². The van der Waals surface area contributed by atoms with Gasteiger partial charge in [-0.2, -0.15) is 5.26 Å². The van der Waals surface area contributed by atoms with Crippen molar-refractivity contribution in [2.75, 3.05) is 12.0 Å². The van der Waals surface area contributed by atoms with E-state index in [0.29, 0.717) is 16.9 Å². The number of hydrogen-bond donors (Lipinski definition) is 1. The van der Waals surface area contributed by atoms with Gasteiger partial charge >= 0.3 is 0 Å². The van der Waals surface area contributed by atoms with Crippen LogP contribution in [0.25, 0.3) is 6.08 Å². The van der Waals surface area contributed by atoms with Gasteiger partial charge in [0.15, 0.2) is 11.2 Å². The number of fused-ring (bicyclic) bond motifs is 3. The SMILES string of the molecule is COc1ccc([C@@H]2[C@@H](C(=O)c3ccccc3)N3c4ccccc4C=C[C@H]3[C@@]2(C#N)C(N)=O)cc1. The Bertz CT molecular complexity index is 1330. The fraction of sp³-hybridized carbons (Fsp3) is 0.179. The number of rotatable bonds is 5. The lowest BCUT2D eigenvalue weighted by Crippen LogP contribution is -2.49. The number of primary amides is 1. The summed E-state index contributed by atoms with van der Waals surface area (Å²) < 4.78 is 5.30. The first-order chi connectivity index (χ1) is 16.5. The maximum Gasteiger partial charge on any atom is 0.241 e. The topological polar surface area (TPSA) is 96.4 Å². The van der Waals surface area contributed by atoms with Crippen LogP contribution in [0.4, 0.5) is 5.69 Å². The van der Waals surface area contributed by atoms with Crippen molar-refractivity contribution in [2.45, 2.75) is 18.0 Å². The molecule has 6 nitrogen and oxygen atoms in total. The van der Waals surface area contributed by atoms with Crippen LogP contribution in [-0.4, -0.2) is 30.9 Å². The molecule has 1 saturated heterocycles. The Morgan fingerprint density at radius 1 is 1.00 bits per heavy atom. The summed E-state index contributed by atoms with van der Waals surface area (Å²) >= 11 is 0. The van der Waals surface area contributed by atoms with Crippen molar-refractivity contribution in [3.05, 3.63) is 102 Å². The fourth-order valence-corrected chi connectivity index (χ4v) is 5.39. The summed E-state index contributed by atoms with van der Waals surface area (Å²) in [6.45, 7) is 0. The van der Waals surface area contributed by atoms with Gasteiger partial charge in [0.2, 0.25) is 5.91 Å². The number of ketones is 1. The molecule has 0 unspecified atom stereocenters. The second kappa shape index (κ2) is 8.20. The quantitative estimate of drug-likeness (QED) is 0.595. The van der Waals surface area contributed by atoms with E-state index >= 15 is 0 Å². The predicted molar refractivity (Wildman–Crippen MR) is 129 cm³/mol. The highest BCUT2D eigenvalue weighted by Crippen LogP contribution is 2.55. The third kappa shape index (κ3) is 3.01. The first-order valence-electron chi connectivity index (χ1n) is 11.0. The zero-order valence-corrected chi connectivity index (χ0v) is 18.6. The van der Waals surface area contributed by atoms with E-state index in [-0.39, 0.29) is 5.78 Å². The number of nitriles is 1. The van der Waals surface area contributed by atoms with Crippen molar-refractivity contribution >= 4 is 23.5 Å². The van der Waals surface area contributed by atoms with E-state index in [9.17, 15) is 14.9 Å². The minimum atomic E-state index is -1.66. The zero-order chi connectivity index (χ0) is 23.9. The Morgan fingerprint density at radius 3 is 2.32 bits per heavy atom. The average molecular weight is 450 g/mol. The summed E-state index contributed by atoms with van der Waals surface area (Å²) in [4.78, 5) is 29.1. The lowest BCUT2D eigenvalue weighted by atomic mass is 9.67. The van der Waals surface area contributed by atoms with E-state index in [4.69, 9.17) is 10.5 Å². The molecule has 3 aromatic rings. The third-order valence-electron chi connectivity index (χ3n) is 6.94. The molecule has 2 aliphatic heterocycles. The Balaban J connectivity index is 1.79. The molecule has 0 bridgehead atoms. The molecular formula is C28H23N3O3. The summed E-state index contributed by atoms with van der Waals surface area (Å²) in [7, 11) is 1.57. The molecule has 0 spiro atoms. The summed E-state index contributed by atoms with van der Waals surface area (Å²) in [5.41, 5.74) is 7.23. The molecule has 2 heterocycles. The van der Waals surface area contributed by atoms with Gasteiger partial charge in [-0.3, -0.25) is 9.59 Å². The maximum atomic E-state index is 14.1. The number of methoxy groups -OCH3 is 1. The van der Waals surface area contributed by atoms with Crippen LogP contribution in [0.5, 0.6) is 5.75 Å². The van der Waals surface area contributed by atoms with Crippen molar-refractivity contribution in [3.8, 4) is 11.8 Å². The molecule has 2 N–H and O–H groups in total. The van der Waals surface area contributed by atoms with Crippen molar-refractivity contribution in [1.82, 2.24) is 0 Å². The second-order valence-corrected chi connectivity index (χ2v) is 8.54. The summed E-state index contributed by atoms with van der Waals surface area (Å²) in [6.07, 6.45) is 3.72. The lowest BCUT2D eigenvalue weighted by Gasteiger charge is -2.36. The highest BCUT2D eigenvalue weighted by molar-refractivity contribution is 6.06. The monoisotopic (exact) mass is 449 g/mol. The molecule has 1 amide bonds. The number of ether oxygens (including phenoxy) is 1. The van der Waals surface area contributed by atoms with Gasteiger partial charge in [0.1, 0.15) is 11.8 Å². The number of nitrogens with zero attached hydrogens (tertiary/aromatic N) is 2. The smallest absolute Gasteiger partial charge is 0.241 e. The molecule has 0 saturated carbocycles. The maximum absolute atomic E-state index is 14.1. The number of nitrogens with two attached hydrogens (primary N) is 1. The van der Waals surface area contributed by atoms with Crippen LogP contribution < -0.4 is 15.4 Å².